The monoisotopic (exact) mass is 444 g/mol. The number of piperazine rings is 1. The number of hydrogen-bond donors (Lipinski definition) is 0. The van der Waals surface area contributed by atoms with Crippen molar-refractivity contribution < 1.29 is 4.42 Å². The molecule has 0 bridgehead atoms. The Labute approximate surface area is 195 Å². The van der Waals surface area contributed by atoms with Gasteiger partial charge < -0.3 is 9.32 Å². The van der Waals surface area contributed by atoms with Gasteiger partial charge in [-0.25, -0.2) is 0 Å². The molecule has 2 aromatic rings. The van der Waals surface area contributed by atoms with Crippen molar-refractivity contribution in [2.24, 2.45) is 10.8 Å². The molecule has 0 amide bonds. The standard InChI is InChI=1S/C27H40N2O.ClH/c1-6-11-28-12-14-29(15-13-28)24-17-21(25-8-7-16-30-25)9-10-23(24)22-18-26(2,3)20-27(4,5)19-22;/h7-10,16-17,22H,6,11-15,18-20H2,1-5H3;1H. The van der Waals surface area contributed by atoms with Crippen molar-refractivity contribution in [1.82, 2.24) is 4.90 Å². The average molecular weight is 445 g/mol. The molecular formula is C27H41ClN2O. The molecule has 2 fully saturated rings. The number of furan rings is 1. The summed E-state index contributed by atoms with van der Waals surface area (Å²) in [5.74, 6) is 1.59. The van der Waals surface area contributed by atoms with Crippen molar-refractivity contribution >= 4 is 18.1 Å². The Hall–Kier alpha value is -1.45. The Morgan fingerprint density at radius 2 is 1.65 bits per heavy atom. The lowest BCUT2D eigenvalue weighted by Gasteiger charge is -2.46. The summed E-state index contributed by atoms with van der Waals surface area (Å²) in [6.07, 6.45) is 6.88. The molecular weight excluding hydrogens is 404 g/mol. The van der Waals surface area contributed by atoms with Crippen LogP contribution in [0.5, 0.6) is 0 Å². The highest BCUT2D eigenvalue weighted by atomic mass is 35.5. The van der Waals surface area contributed by atoms with E-state index in [-0.39, 0.29) is 12.4 Å². The summed E-state index contributed by atoms with van der Waals surface area (Å²) >= 11 is 0. The summed E-state index contributed by atoms with van der Waals surface area (Å²) in [4.78, 5) is 5.25. The van der Waals surface area contributed by atoms with Crippen molar-refractivity contribution in [2.45, 2.75) is 66.2 Å². The Kier molecular flexibility index (Phi) is 7.48. The molecule has 0 N–H and O–H groups in total. The average Bonchev–Trinajstić information content (AvgIpc) is 3.21. The predicted octanol–water partition coefficient (Wildman–Crippen LogP) is 7.22. The fourth-order valence-corrected chi connectivity index (χ4v) is 6.35. The van der Waals surface area contributed by atoms with E-state index in [4.69, 9.17) is 4.42 Å². The van der Waals surface area contributed by atoms with Gasteiger partial charge >= 0.3 is 0 Å². The first-order chi connectivity index (χ1) is 14.3. The highest BCUT2D eigenvalue weighted by Gasteiger charge is 2.40. The predicted molar refractivity (Wildman–Crippen MR) is 134 cm³/mol. The summed E-state index contributed by atoms with van der Waals surface area (Å²) < 4.78 is 5.74. The summed E-state index contributed by atoms with van der Waals surface area (Å²) in [6, 6.07) is 11.1. The van der Waals surface area contributed by atoms with Gasteiger partial charge in [-0.05, 0) is 72.7 Å². The van der Waals surface area contributed by atoms with Crippen molar-refractivity contribution in [1.29, 1.82) is 0 Å². The van der Waals surface area contributed by atoms with Gasteiger partial charge in [0.15, 0.2) is 0 Å². The zero-order valence-electron chi connectivity index (χ0n) is 20.1. The van der Waals surface area contributed by atoms with Crippen LogP contribution < -0.4 is 4.90 Å². The first kappa shape index (κ1) is 24.2. The van der Waals surface area contributed by atoms with E-state index in [0.717, 1.165) is 18.8 Å². The summed E-state index contributed by atoms with van der Waals surface area (Å²) in [5.41, 5.74) is 4.98. The van der Waals surface area contributed by atoms with Crippen LogP contribution in [0.3, 0.4) is 0 Å². The van der Waals surface area contributed by atoms with E-state index in [1.54, 1.807) is 11.8 Å². The number of benzene rings is 1. The zero-order valence-corrected chi connectivity index (χ0v) is 20.9. The van der Waals surface area contributed by atoms with Crippen LogP contribution in [0.1, 0.15) is 71.8 Å². The van der Waals surface area contributed by atoms with Gasteiger partial charge in [-0.2, -0.15) is 0 Å². The van der Waals surface area contributed by atoms with Gasteiger partial charge in [0.25, 0.3) is 0 Å². The molecule has 0 spiro atoms. The Morgan fingerprint density at radius 3 is 2.23 bits per heavy atom. The molecule has 2 heterocycles. The van der Waals surface area contributed by atoms with E-state index < -0.39 is 0 Å². The molecule has 0 radical (unpaired) electrons. The van der Waals surface area contributed by atoms with Gasteiger partial charge in [-0.15, -0.1) is 12.4 Å². The number of hydrogen-bond acceptors (Lipinski definition) is 3. The first-order valence-electron chi connectivity index (χ1n) is 11.9. The molecule has 4 heteroatoms. The lowest BCUT2D eigenvalue weighted by atomic mass is 9.60. The van der Waals surface area contributed by atoms with Gasteiger partial charge in [0.1, 0.15) is 5.76 Å². The molecule has 2 aliphatic rings. The topological polar surface area (TPSA) is 19.6 Å². The number of anilines is 1. The van der Waals surface area contributed by atoms with E-state index in [0.29, 0.717) is 16.7 Å². The maximum Gasteiger partial charge on any atom is 0.133 e. The van der Waals surface area contributed by atoms with Crippen LogP contribution in [0.15, 0.2) is 41.0 Å². The van der Waals surface area contributed by atoms with Gasteiger partial charge in [-0.3, -0.25) is 4.90 Å². The minimum atomic E-state index is 0. The number of nitrogens with zero attached hydrogens (tertiary/aromatic N) is 2. The molecule has 1 saturated carbocycles. The van der Waals surface area contributed by atoms with E-state index in [1.165, 1.54) is 56.6 Å². The van der Waals surface area contributed by atoms with E-state index in [2.05, 4.69) is 68.7 Å². The molecule has 1 saturated heterocycles. The van der Waals surface area contributed by atoms with Gasteiger partial charge in [-0.1, -0.05) is 46.8 Å². The first-order valence-corrected chi connectivity index (χ1v) is 11.9. The largest absolute Gasteiger partial charge is 0.464 e. The van der Waals surface area contributed by atoms with Crippen LogP contribution in [0.25, 0.3) is 11.3 Å². The molecule has 172 valence electrons. The molecule has 4 rings (SSSR count). The van der Waals surface area contributed by atoms with Crippen LogP contribution in [0.2, 0.25) is 0 Å². The van der Waals surface area contributed by atoms with E-state index >= 15 is 0 Å². The maximum atomic E-state index is 5.74. The summed E-state index contributed by atoms with van der Waals surface area (Å²) in [7, 11) is 0. The minimum Gasteiger partial charge on any atom is -0.464 e. The zero-order chi connectivity index (χ0) is 21.4. The smallest absolute Gasteiger partial charge is 0.133 e. The van der Waals surface area contributed by atoms with Crippen molar-refractivity contribution in [3.05, 3.63) is 42.2 Å². The maximum absolute atomic E-state index is 5.74. The Balaban J connectivity index is 0.00000272. The van der Waals surface area contributed by atoms with E-state index in [1.807, 2.05) is 6.07 Å². The fourth-order valence-electron chi connectivity index (χ4n) is 6.35. The minimum absolute atomic E-state index is 0. The lowest BCUT2D eigenvalue weighted by molar-refractivity contribution is 0.0970. The molecule has 1 aliphatic carbocycles. The Bertz CT molecular complexity index is 819. The molecule has 1 aliphatic heterocycles. The fraction of sp³-hybridized carbons (Fsp3) is 0.630. The summed E-state index contributed by atoms with van der Waals surface area (Å²) in [5, 5.41) is 0. The third-order valence-corrected chi connectivity index (χ3v) is 7.08. The van der Waals surface area contributed by atoms with Crippen LogP contribution >= 0.6 is 12.4 Å². The Morgan fingerprint density at radius 1 is 0.968 bits per heavy atom. The van der Waals surface area contributed by atoms with Crippen molar-refractivity contribution in [2.75, 3.05) is 37.6 Å². The van der Waals surface area contributed by atoms with E-state index in [9.17, 15) is 0 Å². The highest BCUT2D eigenvalue weighted by molar-refractivity contribution is 5.85. The normalized spacial score (nSPS) is 21.6. The third-order valence-electron chi connectivity index (χ3n) is 7.08. The van der Waals surface area contributed by atoms with Crippen LogP contribution in [-0.2, 0) is 0 Å². The summed E-state index contributed by atoms with van der Waals surface area (Å²) in [6.45, 7) is 17.9. The highest BCUT2D eigenvalue weighted by Crippen LogP contribution is 2.53. The van der Waals surface area contributed by atoms with Gasteiger partial charge in [0.2, 0.25) is 0 Å². The second-order valence-corrected chi connectivity index (χ2v) is 11.2. The second-order valence-electron chi connectivity index (χ2n) is 11.2. The second kappa shape index (κ2) is 9.58. The third kappa shape index (κ3) is 5.68. The van der Waals surface area contributed by atoms with Crippen molar-refractivity contribution in [3.63, 3.8) is 0 Å². The molecule has 0 unspecified atom stereocenters. The van der Waals surface area contributed by atoms with Crippen LogP contribution in [-0.4, -0.2) is 37.6 Å². The van der Waals surface area contributed by atoms with Crippen LogP contribution in [0, 0.1) is 10.8 Å². The quantitative estimate of drug-likeness (QED) is 0.485. The van der Waals surface area contributed by atoms with Gasteiger partial charge in [0, 0.05) is 37.4 Å². The molecule has 3 nitrogen and oxygen atoms in total. The van der Waals surface area contributed by atoms with Crippen LogP contribution in [0.4, 0.5) is 5.69 Å². The molecule has 31 heavy (non-hydrogen) atoms. The molecule has 0 atom stereocenters. The number of rotatable bonds is 5. The number of halogens is 1. The molecule has 1 aromatic carbocycles. The molecule has 1 aromatic heterocycles. The lowest BCUT2D eigenvalue weighted by Crippen LogP contribution is -2.47. The van der Waals surface area contributed by atoms with Crippen molar-refractivity contribution in [3.8, 4) is 11.3 Å². The van der Waals surface area contributed by atoms with Gasteiger partial charge in [0.05, 0.1) is 6.26 Å². The SMILES string of the molecule is CCCN1CCN(c2cc(-c3ccco3)ccc2C2CC(C)(C)CC(C)(C)C2)CC1.Cl.